The molecule has 0 bridgehead atoms. The Morgan fingerprint density at radius 3 is 1.79 bits per heavy atom. The smallest absolute Gasteiger partial charge is 0.203 e. The Kier molecular flexibility index (Phi) is 13.6. The topological polar surface area (TPSA) is 29.4 Å². The van der Waals surface area contributed by atoms with E-state index in [1.54, 1.807) is 13.0 Å². The maximum Gasteiger partial charge on any atom is 0.203 e. The van der Waals surface area contributed by atoms with E-state index in [0.29, 0.717) is 5.70 Å². The number of hydrogen-bond acceptors (Lipinski definition) is 2. The van der Waals surface area contributed by atoms with E-state index >= 15 is 0 Å². The molecule has 2 nitrogen and oxygen atoms in total. The van der Waals surface area contributed by atoms with Crippen LogP contribution in [0.3, 0.4) is 0 Å². The lowest BCUT2D eigenvalue weighted by atomic mass is 10.2. The average Bonchev–Trinajstić information content (AvgIpc) is 2.41. The summed E-state index contributed by atoms with van der Waals surface area (Å²) in [5.74, 6) is -0.152. The Labute approximate surface area is 120 Å². The van der Waals surface area contributed by atoms with Gasteiger partial charge < -0.3 is 0 Å². The van der Waals surface area contributed by atoms with Crippen LogP contribution in [0.25, 0.3) is 0 Å². The third-order valence-corrected chi connectivity index (χ3v) is 2.43. The first-order valence-corrected chi connectivity index (χ1v) is 6.96. The zero-order valence-electron chi connectivity index (χ0n) is 13.3. The highest BCUT2D eigenvalue weighted by atomic mass is 16.1. The van der Waals surface area contributed by atoms with Crippen molar-refractivity contribution < 1.29 is 6.22 Å². The summed E-state index contributed by atoms with van der Waals surface area (Å²) in [7, 11) is 0. The summed E-state index contributed by atoms with van der Waals surface area (Å²) >= 11 is 0. The first kappa shape index (κ1) is 19.9. The Morgan fingerprint density at radius 1 is 1.05 bits per heavy atom. The molecule has 0 heterocycles. The molecule has 0 rings (SSSR count). The normalized spacial score (nSPS) is 10.1. The van der Waals surface area contributed by atoms with Crippen molar-refractivity contribution >= 4 is 11.5 Å². The van der Waals surface area contributed by atoms with Crippen molar-refractivity contribution in [3.63, 3.8) is 0 Å². The number of carbonyl (C=O) groups is 1. The largest absolute Gasteiger partial charge is 0.288 e. The Bertz CT molecular complexity index is 346. The van der Waals surface area contributed by atoms with Crippen LogP contribution in [0.5, 0.6) is 0 Å². The Morgan fingerprint density at radius 2 is 1.53 bits per heavy atom. The van der Waals surface area contributed by atoms with E-state index in [0.717, 1.165) is 11.3 Å². The average molecular weight is 265 g/mol. The van der Waals surface area contributed by atoms with Crippen molar-refractivity contribution in [2.24, 2.45) is 4.99 Å². The van der Waals surface area contributed by atoms with Gasteiger partial charge in [-0.25, -0.2) is 4.99 Å². The summed E-state index contributed by atoms with van der Waals surface area (Å²) in [4.78, 5) is 15.4. The summed E-state index contributed by atoms with van der Waals surface area (Å²) in [6, 6.07) is 0. The van der Waals surface area contributed by atoms with Crippen molar-refractivity contribution in [1.82, 2.24) is 0 Å². The fraction of sp³-hybridized carbons (Fsp3) is 0.529. The van der Waals surface area contributed by atoms with Gasteiger partial charge in [-0.1, -0.05) is 52.7 Å². The van der Waals surface area contributed by atoms with E-state index in [2.05, 4.69) is 32.0 Å². The third kappa shape index (κ3) is 11.4. The van der Waals surface area contributed by atoms with E-state index in [1.807, 2.05) is 13.8 Å². The molecule has 2 heteroatoms. The van der Waals surface area contributed by atoms with Crippen molar-refractivity contribution in [3.05, 3.63) is 36.6 Å². The second-order valence-corrected chi connectivity index (χ2v) is 4.58. The number of carbonyl (C=O) groups excluding carboxylic acids is 1. The number of allylic oxidation sites excluding steroid dienone is 3. The Balaban J connectivity index is -0.000000352. The molecule has 0 aliphatic heterocycles. The molecular formula is C17H31NO. The quantitative estimate of drug-likeness (QED) is 0.339. The van der Waals surface area contributed by atoms with Gasteiger partial charge in [0.15, 0.2) is 0 Å². The molecule has 0 atom stereocenters. The lowest BCUT2D eigenvalue weighted by Crippen LogP contribution is -2.00. The van der Waals surface area contributed by atoms with Crippen molar-refractivity contribution in [3.8, 4) is 0 Å². The minimum atomic E-state index is -0.152. The molecule has 0 N–H and O–H groups in total. The first-order chi connectivity index (χ1) is 8.94. The molecule has 0 saturated carbocycles. The summed E-state index contributed by atoms with van der Waals surface area (Å²) in [5.41, 5.74) is 2.06. The van der Waals surface area contributed by atoms with Crippen LogP contribution in [0.2, 0.25) is 0 Å². The standard InChI is InChI=1S/C11H15NO.C6H14.H2/c1-6-9(5)12-11(8(3)4)10(13)7-2;1-3-5-6-4-2;/h6-7H,1-2H2,3-5H3;3-6H2,1-2H3;1H. The van der Waals surface area contributed by atoms with Gasteiger partial charge in [-0.15, -0.1) is 0 Å². The SMILES string of the molecule is C=CC(=O)C(N=C(C)C=C)=C(C)C.CCCCCC.[HH]. The Hall–Kier alpha value is -1.44. The van der Waals surface area contributed by atoms with Crippen molar-refractivity contribution in [1.29, 1.82) is 0 Å². The predicted molar refractivity (Wildman–Crippen MR) is 88.8 cm³/mol. The van der Waals surface area contributed by atoms with Crippen molar-refractivity contribution in [2.45, 2.75) is 60.3 Å². The maximum absolute atomic E-state index is 11.3. The fourth-order valence-corrected chi connectivity index (χ4v) is 1.23. The zero-order valence-corrected chi connectivity index (χ0v) is 13.3. The highest BCUT2D eigenvalue weighted by Gasteiger charge is 2.05. The monoisotopic (exact) mass is 265 g/mol. The molecule has 0 fully saturated rings. The van der Waals surface area contributed by atoms with Crippen LogP contribution in [-0.2, 0) is 4.79 Å². The number of ketones is 1. The van der Waals surface area contributed by atoms with E-state index in [4.69, 9.17) is 0 Å². The number of nitrogens with zero attached hydrogens (tertiary/aromatic N) is 1. The molecule has 0 saturated heterocycles. The third-order valence-electron chi connectivity index (χ3n) is 2.43. The van der Waals surface area contributed by atoms with Gasteiger partial charge in [-0.3, -0.25) is 4.79 Å². The van der Waals surface area contributed by atoms with Gasteiger partial charge in [-0.05, 0) is 38.5 Å². The van der Waals surface area contributed by atoms with E-state index < -0.39 is 0 Å². The van der Waals surface area contributed by atoms with E-state index in [-0.39, 0.29) is 7.21 Å². The second-order valence-electron chi connectivity index (χ2n) is 4.58. The number of aliphatic imine (C=N–C) groups is 1. The van der Waals surface area contributed by atoms with Crippen LogP contribution in [0.1, 0.15) is 61.7 Å². The minimum Gasteiger partial charge on any atom is -0.288 e. The van der Waals surface area contributed by atoms with E-state index in [9.17, 15) is 4.79 Å². The molecular weight excluding hydrogens is 234 g/mol. The van der Waals surface area contributed by atoms with Crippen LogP contribution in [0, 0.1) is 0 Å². The van der Waals surface area contributed by atoms with Gasteiger partial charge >= 0.3 is 0 Å². The fourth-order valence-electron chi connectivity index (χ4n) is 1.23. The molecule has 0 spiro atoms. The molecule has 110 valence electrons. The predicted octanol–water partition coefficient (Wildman–Crippen LogP) is 5.51. The summed E-state index contributed by atoms with van der Waals surface area (Å²) in [5, 5.41) is 0. The molecule has 19 heavy (non-hydrogen) atoms. The zero-order chi connectivity index (χ0) is 15.3. The summed E-state index contributed by atoms with van der Waals surface area (Å²) < 4.78 is 0. The van der Waals surface area contributed by atoms with Crippen LogP contribution >= 0.6 is 0 Å². The lowest BCUT2D eigenvalue weighted by molar-refractivity contribution is -0.111. The summed E-state index contributed by atoms with van der Waals surface area (Å²) in [6.07, 6.45) is 8.41. The molecule has 0 amide bonds. The van der Waals surface area contributed by atoms with Crippen molar-refractivity contribution in [2.75, 3.05) is 0 Å². The molecule has 0 unspecified atom stereocenters. The van der Waals surface area contributed by atoms with Gasteiger partial charge in [0.1, 0.15) is 5.70 Å². The summed E-state index contributed by atoms with van der Waals surface area (Å²) in [6.45, 7) is 16.9. The maximum atomic E-state index is 11.3. The first-order valence-electron chi connectivity index (χ1n) is 6.96. The molecule has 0 radical (unpaired) electrons. The molecule has 0 aromatic rings. The van der Waals surface area contributed by atoms with Crippen LogP contribution < -0.4 is 0 Å². The van der Waals surface area contributed by atoms with Gasteiger partial charge in [0.2, 0.25) is 5.78 Å². The lowest BCUT2D eigenvalue weighted by Gasteiger charge is -2.00. The number of hydrogen-bond donors (Lipinski definition) is 0. The highest BCUT2D eigenvalue weighted by Crippen LogP contribution is 2.07. The van der Waals surface area contributed by atoms with Gasteiger partial charge in [0.05, 0.1) is 0 Å². The molecule has 0 aromatic heterocycles. The molecule has 0 aliphatic rings. The van der Waals surface area contributed by atoms with E-state index in [1.165, 1.54) is 31.8 Å². The number of rotatable bonds is 7. The molecule has 0 aliphatic carbocycles. The number of unbranched alkanes of at least 4 members (excludes halogenated alkanes) is 3. The van der Waals surface area contributed by atoms with Crippen LogP contribution in [-0.4, -0.2) is 11.5 Å². The van der Waals surface area contributed by atoms with Crippen LogP contribution in [0.15, 0.2) is 41.6 Å². The minimum absolute atomic E-state index is 0. The van der Waals surface area contributed by atoms with Gasteiger partial charge in [0, 0.05) is 7.14 Å². The second kappa shape index (κ2) is 13.0. The highest BCUT2D eigenvalue weighted by molar-refractivity contribution is 6.06. The van der Waals surface area contributed by atoms with Gasteiger partial charge in [0.25, 0.3) is 0 Å². The van der Waals surface area contributed by atoms with Gasteiger partial charge in [-0.2, -0.15) is 0 Å². The van der Waals surface area contributed by atoms with Crippen LogP contribution in [0.4, 0.5) is 0 Å². The molecule has 0 aromatic carbocycles.